The Bertz CT molecular complexity index is 229. The smallest absolute Gasteiger partial charge is 0.289 e. The Morgan fingerprint density at radius 3 is 1.69 bits per heavy atom. The fourth-order valence-electron chi connectivity index (χ4n) is 1.22. The molecule has 0 aliphatic rings. The highest BCUT2D eigenvalue weighted by molar-refractivity contribution is 6.40. The van der Waals surface area contributed by atoms with E-state index in [9.17, 15) is 9.59 Å². The Kier molecular flexibility index (Phi) is 4.38. The number of carbonyl (C=O) groups is 2. The molecule has 1 amide bonds. The third-order valence-electron chi connectivity index (χ3n) is 1.87. The molecule has 0 saturated heterocycles. The topological polar surface area (TPSA) is 60.2 Å². The molecule has 0 bridgehead atoms. The first-order valence-corrected chi connectivity index (χ1v) is 4.41. The normalized spacial score (nSPS) is 10.3. The van der Waals surface area contributed by atoms with Crippen LogP contribution in [0.4, 0.5) is 0 Å². The average molecular weight is 183 g/mol. The lowest BCUT2D eigenvalue weighted by Gasteiger charge is -2.14. The van der Waals surface area contributed by atoms with E-state index in [4.69, 9.17) is 5.73 Å². The summed E-state index contributed by atoms with van der Waals surface area (Å²) in [5, 5.41) is 0. The van der Waals surface area contributed by atoms with Crippen LogP contribution in [-0.4, -0.2) is 11.7 Å². The fraction of sp³-hybridized carbons (Fsp3) is 0.600. The van der Waals surface area contributed by atoms with Crippen LogP contribution in [0.3, 0.4) is 0 Å². The minimum absolute atomic E-state index is 0.267. The number of rotatable bonds is 4. The van der Waals surface area contributed by atoms with E-state index in [1.165, 1.54) is 6.08 Å². The van der Waals surface area contributed by atoms with Crippen molar-refractivity contribution in [1.82, 2.24) is 0 Å². The van der Waals surface area contributed by atoms with E-state index >= 15 is 0 Å². The van der Waals surface area contributed by atoms with Crippen molar-refractivity contribution in [1.29, 1.82) is 0 Å². The molecule has 0 spiro atoms. The van der Waals surface area contributed by atoms with Gasteiger partial charge in [-0.2, -0.15) is 0 Å². The van der Waals surface area contributed by atoms with Gasteiger partial charge in [-0.15, -0.1) is 0 Å². The van der Waals surface area contributed by atoms with Crippen LogP contribution in [0.15, 0.2) is 11.6 Å². The Labute approximate surface area is 79.0 Å². The maximum atomic E-state index is 11.0. The number of hydrogen-bond donors (Lipinski definition) is 1. The van der Waals surface area contributed by atoms with E-state index in [1.54, 1.807) is 0 Å². The number of amides is 1. The quantitative estimate of drug-likeness (QED) is 0.527. The summed E-state index contributed by atoms with van der Waals surface area (Å²) in [5.74, 6) is -0.970. The highest BCUT2D eigenvalue weighted by atomic mass is 16.2. The zero-order valence-corrected chi connectivity index (χ0v) is 8.63. The minimum Gasteiger partial charge on any atom is -0.363 e. The van der Waals surface area contributed by atoms with Gasteiger partial charge in [0.2, 0.25) is 5.78 Å². The van der Waals surface area contributed by atoms with Gasteiger partial charge in [0.25, 0.3) is 5.91 Å². The van der Waals surface area contributed by atoms with Crippen LogP contribution in [-0.2, 0) is 9.59 Å². The van der Waals surface area contributed by atoms with E-state index in [2.05, 4.69) is 0 Å². The molecular weight excluding hydrogens is 166 g/mol. The number of primary amides is 1. The number of ketones is 1. The van der Waals surface area contributed by atoms with Gasteiger partial charge in [-0.05, 0) is 17.9 Å². The molecule has 0 fully saturated rings. The summed E-state index contributed by atoms with van der Waals surface area (Å²) in [6, 6.07) is 0. The molecule has 2 N–H and O–H groups in total. The van der Waals surface area contributed by atoms with Crippen molar-refractivity contribution in [2.75, 3.05) is 0 Å². The van der Waals surface area contributed by atoms with Crippen molar-refractivity contribution < 1.29 is 9.59 Å². The number of carbonyl (C=O) groups excluding carboxylic acids is 2. The summed E-state index contributed by atoms with van der Waals surface area (Å²) in [7, 11) is 0. The van der Waals surface area contributed by atoms with Crippen molar-refractivity contribution in [2.24, 2.45) is 17.6 Å². The van der Waals surface area contributed by atoms with Crippen LogP contribution < -0.4 is 5.73 Å². The van der Waals surface area contributed by atoms with Crippen molar-refractivity contribution >= 4 is 11.7 Å². The summed E-state index contributed by atoms with van der Waals surface area (Å²) in [6.07, 6.45) is 1.36. The third kappa shape index (κ3) is 3.87. The van der Waals surface area contributed by atoms with Gasteiger partial charge in [-0.25, -0.2) is 0 Å². The molecule has 0 aromatic carbocycles. The molecule has 3 nitrogen and oxygen atoms in total. The van der Waals surface area contributed by atoms with Gasteiger partial charge in [0.05, 0.1) is 0 Å². The van der Waals surface area contributed by atoms with Gasteiger partial charge in [0, 0.05) is 0 Å². The number of hydrogen-bond acceptors (Lipinski definition) is 2. The Morgan fingerprint density at radius 2 is 1.46 bits per heavy atom. The Balaban J connectivity index is 4.74. The van der Waals surface area contributed by atoms with Gasteiger partial charge < -0.3 is 5.73 Å². The van der Waals surface area contributed by atoms with E-state index < -0.39 is 11.7 Å². The van der Waals surface area contributed by atoms with Crippen LogP contribution in [0.25, 0.3) is 0 Å². The minimum atomic E-state index is -0.890. The maximum Gasteiger partial charge on any atom is 0.289 e. The lowest BCUT2D eigenvalue weighted by Crippen LogP contribution is -2.22. The molecule has 0 aromatic heterocycles. The molecule has 0 unspecified atom stereocenters. The van der Waals surface area contributed by atoms with Gasteiger partial charge in [0.15, 0.2) is 0 Å². The summed E-state index contributed by atoms with van der Waals surface area (Å²) in [4.78, 5) is 21.5. The van der Waals surface area contributed by atoms with E-state index in [1.807, 2.05) is 27.7 Å². The SMILES string of the molecule is CC(C)C(=CC(=O)C(N)=O)C(C)C. The predicted molar refractivity (Wildman–Crippen MR) is 52.0 cm³/mol. The van der Waals surface area contributed by atoms with Crippen molar-refractivity contribution in [3.8, 4) is 0 Å². The summed E-state index contributed by atoms with van der Waals surface area (Å²) < 4.78 is 0. The van der Waals surface area contributed by atoms with Crippen LogP contribution in [0, 0.1) is 11.8 Å². The van der Waals surface area contributed by atoms with Crippen molar-refractivity contribution in [2.45, 2.75) is 27.7 Å². The lowest BCUT2D eigenvalue weighted by atomic mass is 9.91. The molecular formula is C10H17NO2. The third-order valence-corrected chi connectivity index (χ3v) is 1.87. The Morgan fingerprint density at radius 1 is 1.08 bits per heavy atom. The summed E-state index contributed by atoms with van der Waals surface area (Å²) in [6.45, 7) is 7.94. The molecule has 0 aliphatic heterocycles. The molecule has 0 atom stereocenters. The lowest BCUT2D eigenvalue weighted by molar-refractivity contribution is -0.133. The fourth-order valence-corrected chi connectivity index (χ4v) is 1.22. The first-order chi connectivity index (χ1) is 5.86. The first-order valence-electron chi connectivity index (χ1n) is 4.41. The second kappa shape index (κ2) is 4.80. The molecule has 0 rings (SSSR count). The summed E-state index contributed by atoms with van der Waals surface area (Å²) >= 11 is 0. The molecule has 74 valence electrons. The molecule has 0 saturated carbocycles. The Hall–Kier alpha value is -1.12. The van der Waals surface area contributed by atoms with Crippen molar-refractivity contribution in [3.05, 3.63) is 11.6 Å². The zero-order valence-electron chi connectivity index (χ0n) is 8.63. The van der Waals surface area contributed by atoms with Crippen LogP contribution in [0.2, 0.25) is 0 Å². The van der Waals surface area contributed by atoms with Gasteiger partial charge >= 0.3 is 0 Å². The van der Waals surface area contributed by atoms with E-state index in [0.29, 0.717) is 0 Å². The largest absolute Gasteiger partial charge is 0.363 e. The predicted octanol–water partition coefficient (Wildman–Crippen LogP) is 1.28. The second-order valence-corrected chi connectivity index (χ2v) is 3.68. The molecule has 0 radical (unpaired) electrons. The average Bonchev–Trinajstić information content (AvgIpc) is 1.97. The van der Waals surface area contributed by atoms with Crippen LogP contribution >= 0.6 is 0 Å². The van der Waals surface area contributed by atoms with Crippen molar-refractivity contribution in [3.63, 3.8) is 0 Å². The molecule has 0 aromatic rings. The number of allylic oxidation sites excluding steroid dienone is 1. The monoisotopic (exact) mass is 183 g/mol. The standard InChI is InChI=1S/C10H17NO2/c1-6(2)8(7(3)4)5-9(12)10(11)13/h5-7H,1-4H3,(H2,11,13). The maximum absolute atomic E-state index is 11.0. The van der Waals surface area contributed by atoms with Crippen LogP contribution in [0.1, 0.15) is 27.7 Å². The first kappa shape index (κ1) is 11.9. The van der Waals surface area contributed by atoms with E-state index in [0.717, 1.165) is 5.57 Å². The summed E-state index contributed by atoms with van der Waals surface area (Å²) in [5.41, 5.74) is 5.81. The zero-order chi connectivity index (χ0) is 10.6. The highest BCUT2D eigenvalue weighted by Gasteiger charge is 2.12. The van der Waals surface area contributed by atoms with Crippen LogP contribution in [0.5, 0.6) is 0 Å². The molecule has 0 aliphatic carbocycles. The second-order valence-electron chi connectivity index (χ2n) is 3.68. The van der Waals surface area contributed by atoms with Gasteiger partial charge in [0.1, 0.15) is 0 Å². The van der Waals surface area contributed by atoms with Gasteiger partial charge in [-0.3, -0.25) is 9.59 Å². The molecule has 0 heterocycles. The van der Waals surface area contributed by atoms with E-state index in [-0.39, 0.29) is 11.8 Å². The highest BCUT2D eigenvalue weighted by Crippen LogP contribution is 2.18. The van der Waals surface area contributed by atoms with Gasteiger partial charge in [-0.1, -0.05) is 33.3 Å². The molecule has 13 heavy (non-hydrogen) atoms. The number of nitrogens with two attached hydrogens (primary N) is 1. The molecule has 3 heteroatoms.